The summed E-state index contributed by atoms with van der Waals surface area (Å²) < 4.78 is 29.2. The van der Waals surface area contributed by atoms with Crippen LogP contribution in [0.1, 0.15) is 0 Å². The number of rotatable bonds is 19. The van der Waals surface area contributed by atoms with Gasteiger partial charge < -0.3 is 62.3 Å². The lowest BCUT2D eigenvalue weighted by Crippen LogP contribution is -2.49. The van der Waals surface area contributed by atoms with Crippen molar-refractivity contribution in [2.75, 3.05) is 45.9 Å². The average molecular weight is 637 g/mol. The number of carboxylic acids is 1. The Hall–Kier alpha value is -3.53. The number of carbonyl (C=O) groups is 7. The number of hydrogen-bond acceptors (Lipinski definition) is 12. The molecule has 0 aromatic rings. The molecule has 0 bridgehead atoms. The number of hydrogen-bond donors (Lipinski definition) is 12. The topological polar surface area (TPSA) is 371 Å². The van der Waals surface area contributed by atoms with Gasteiger partial charge in [0.15, 0.2) is 6.04 Å². The van der Waals surface area contributed by atoms with Gasteiger partial charge in [-0.15, -0.1) is 0 Å². The Balaban J connectivity index is 4.18. The summed E-state index contributed by atoms with van der Waals surface area (Å²) in [5.41, 5.74) is 5.32. The van der Waals surface area contributed by atoms with Gasteiger partial charge in [0.1, 0.15) is 6.04 Å². The van der Waals surface area contributed by atoms with E-state index in [1.807, 2.05) is 16.0 Å². The zero-order valence-corrected chi connectivity index (χ0v) is 22.6. The molecular formula is C16H29N7O16P2. The second-order valence-corrected chi connectivity index (χ2v) is 9.94. The van der Waals surface area contributed by atoms with Crippen molar-refractivity contribution >= 4 is 57.1 Å². The predicted octanol–water partition coefficient (Wildman–Crippen LogP) is -7.32. The zero-order valence-electron chi connectivity index (χ0n) is 20.8. The van der Waals surface area contributed by atoms with Crippen LogP contribution in [0.15, 0.2) is 0 Å². The Bertz CT molecular complexity index is 1080. The molecular weight excluding hydrogens is 608 g/mol. The van der Waals surface area contributed by atoms with E-state index in [9.17, 15) is 42.7 Å². The first-order valence-corrected chi connectivity index (χ1v) is 13.9. The Labute approximate surface area is 229 Å². The van der Waals surface area contributed by atoms with Crippen LogP contribution in [0.5, 0.6) is 0 Å². The Morgan fingerprint density at radius 3 is 1.32 bits per heavy atom. The highest BCUT2D eigenvalue weighted by molar-refractivity contribution is 7.46. The van der Waals surface area contributed by atoms with E-state index < -0.39 is 115 Å². The van der Waals surface area contributed by atoms with Crippen LogP contribution in [0.4, 0.5) is 0 Å². The first-order valence-electron chi connectivity index (χ1n) is 10.8. The van der Waals surface area contributed by atoms with Gasteiger partial charge in [0.2, 0.25) is 35.4 Å². The molecule has 0 saturated heterocycles. The number of carbonyl (C=O) groups excluding carboxylic acids is 6. The highest BCUT2D eigenvalue weighted by Crippen LogP contribution is 2.36. The van der Waals surface area contributed by atoms with Gasteiger partial charge >= 0.3 is 21.6 Å². The van der Waals surface area contributed by atoms with Crippen molar-refractivity contribution in [1.82, 2.24) is 31.9 Å². The smallest absolute Gasteiger partial charge is 0.469 e. The lowest BCUT2D eigenvalue weighted by Gasteiger charge is -2.15. The van der Waals surface area contributed by atoms with Crippen LogP contribution >= 0.6 is 15.6 Å². The maximum absolute atomic E-state index is 11.7. The molecule has 0 radical (unpaired) electrons. The van der Waals surface area contributed by atoms with Gasteiger partial charge in [0, 0.05) is 0 Å². The van der Waals surface area contributed by atoms with Crippen LogP contribution in [-0.2, 0) is 51.7 Å². The molecule has 2 atom stereocenters. The number of nitrogens with two attached hydrogens (primary N) is 1. The minimum absolute atomic E-state index is 0.624. The van der Waals surface area contributed by atoms with Crippen molar-refractivity contribution in [3.63, 3.8) is 0 Å². The van der Waals surface area contributed by atoms with Crippen molar-refractivity contribution < 1.29 is 76.4 Å². The summed E-state index contributed by atoms with van der Waals surface area (Å²) in [6, 6.07) is -3.33. The molecule has 25 heteroatoms. The lowest BCUT2D eigenvalue weighted by atomic mass is 10.3. The highest BCUT2D eigenvalue weighted by Gasteiger charge is 2.25. The summed E-state index contributed by atoms with van der Waals surface area (Å²) in [6.45, 7) is -5.22. The Kier molecular flexibility index (Phi) is 16.5. The number of phosphoric acid groups is 2. The van der Waals surface area contributed by atoms with E-state index in [2.05, 4.69) is 25.0 Å². The van der Waals surface area contributed by atoms with Crippen LogP contribution in [-0.4, -0.2) is 124 Å². The van der Waals surface area contributed by atoms with Crippen LogP contribution < -0.4 is 37.6 Å². The minimum atomic E-state index is -5.00. The van der Waals surface area contributed by atoms with E-state index in [-0.39, 0.29) is 0 Å². The third-order valence-electron chi connectivity index (χ3n) is 4.01. The Morgan fingerprint density at radius 2 is 0.951 bits per heavy atom. The molecule has 0 fully saturated rings. The van der Waals surface area contributed by atoms with Crippen molar-refractivity contribution in [3.05, 3.63) is 0 Å². The molecule has 6 amide bonds. The summed E-state index contributed by atoms with van der Waals surface area (Å²) in [5, 5.41) is 21.1. The fourth-order valence-corrected chi connectivity index (χ4v) is 2.81. The SMILES string of the molecule is N[C@@H](COP(=O)(O)O)C(=O)NCC(=O)NCC(=O)NCC(=O)NCC(=O)NCC(=O)N[C@@H](COP(=O)(O)O)C(=O)O. The van der Waals surface area contributed by atoms with Crippen LogP contribution in [0, 0.1) is 0 Å². The third-order valence-corrected chi connectivity index (χ3v) is 4.98. The largest absolute Gasteiger partial charge is 0.480 e. The van der Waals surface area contributed by atoms with Crippen LogP contribution in [0.2, 0.25) is 0 Å². The third kappa shape index (κ3) is 21.0. The maximum atomic E-state index is 11.7. The van der Waals surface area contributed by atoms with E-state index in [1.165, 1.54) is 0 Å². The standard InChI is InChI=1S/C16H29N7O16P2/c17-8(6-38-40(32,33)34)15(29)22-4-13(27)20-2-11(25)18-1-10(24)19-3-12(26)21-5-14(28)23-9(16(30)31)7-39-41(35,36)37/h8-9H,1-7,17H2,(H,18,25)(H,19,24)(H,20,27)(H,21,26)(H,22,29)(H,23,28)(H,30,31)(H2,32,33,34)(H2,35,36,37)/t8-,9-/m0/s1. The summed E-state index contributed by atoms with van der Waals surface area (Å²) in [7, 11) is -9.85. The number of aliphatic carboxylic acids is 1. The highest BCUT2D eigenvalue weighted by atomic mass is 31.2. The number of phosphoric ester groups is 2. The van der Waals surface area contributed by atoms with Crippen molar-refractivity contribution in [3.8, 4) is 0 Å². The average Bonchev–Trinajstić information content (AvgIpc) is 2.86. The van der Waals surface area contributed by atoms with Crippen molar-refractivity contribution in [2.24, 2.45) is 5.73 Å². The fraction of sp³-hybridized carbons (Fsp3) is 0.562. The van der Waals surface area contributed by atoms with E-state index >= 15 is 0 Å². The lowest BCUT2D eigenvalue weighted by molar-refractivity contribution is -0.142. The second-order valence-electron chi connectivity index (χ2n) is 7.46. The summed E-state index contributed by atoms with van der Waals surface area (Å²) >= 11 is 0. The molecule has 0 unspecified atom stereocenters. The molecule has 0 aliphatic heterocycles. The van der Waals surface area contributed by atoms with Gasteiger partial charge in [-0.3, -0.25) is 37.8 Å². The van der Waals surface area contributed by atoms with Gasteiger partial charge in [-0.1, -0.05) is 0 Å². The molecule has 0 aliphatic rings. The quantitative estimate of drug-likeness (QED) is 0.0585. The van der Waals surface area contributed by atoms with Gasteiger partial charge in [0.05, 0.1) is 45.9 Å². The molecule has 41 heavy (non-hydrogen) atoms. The maximum Gasteiger partial charge on any atom is 0.469 e. The molecule has 0 aliphatic carbocycles. The molecule has 0 aromatic heterocycles. The molecule has 13 N–H and O–H groups in total. The fourth-order valence-electron chi connectivity index (χ4n) is 2.11. The summed E-state index contributed by atoms with van der Waals surface area (Å²) in [4.78, 5) is 115. The van der Waals surface area contributed by atoms with Gasteiger partial charge in [-0.25, -0.2) is 13.9 Å². The predicted molar refractivity (Wildman–Crippen MR) is 129 cm³/mol. The molecule has 0 heterocycles. The number of amides is 6. The van der Waals surface area contributed by atoms with Gasteiger partial charge in [-0.2, -0.15) is 0 Å². The Morgan fingerprint density at radius 1 is 0.610 bits per heavy atom. The summed E-state index contributed by atoms with van der Waals surface area (Å²) in [5.74, 6) is -7.17. The van der Waals surface area contributed by atoms with Crippen molar-refractivity contribution in [2.45, 2.75) is 12.1 Å². The zero-order chi connectivity index (χ0) is 31.8. The molecule has 234 valence electrons. The monoisotopic (exact) mass is 637 g/mol. The molecule has 23 nitrogen and oxygen atoms in total. The molecule has 0 rings (SSSR count). The van der Waals surface area contributed by atoms with E-state index in [0.717, 1.165) is 0 Å². The van der Waals surface area contributed by atoms with Crippen LogP contribution in [0.3, 0.4) is 0 Å². The van der Waals surface area contributed by atoms with Gasteiger partial charge in [-0.05, 0) is 0 Å². The minimum Gasteiger partial charge on any atom is -0.480 e. The van der Waals surface area contributed by atoms with E-state index in [4.69, 9.17) is 30.4 Å². The van der Waals surface area contributed by atoms with Gasteiger partial charge in [0.25, 0.3) is 0 Å². The second kappa shape index (κ2) is 18.0. The molecule has 0 saturated carbocycles. The first kappa shape index (κ1) is 37.5. The van der Waals surface area contributed by atoms with Crippen LogP contribution in [0.25, 0.3) is 0 Å². The number of carboxylic acid groups (broad SMARTS) is 1. The van der Waals surface area contributed by atoms with Crippen molar-refractivity contribution in [1.29, 1.82) is 0 Å². The molecule has 0 spiro atoms. The molecule has 0 aromatic carbocycles. The number of nitrogens with one attached hydrogen (secondary N) is 6. The normalized spacial score (nSPS) is 12.7. The summed E-state index contributed by atoms with van der Waals surface area (Å²) in [6.07, 6.45) is 0. The first-order chi connectivity index (χ1) is 18.8. The van der Waals surface area contributed by atoms with E-state index in [0.29, 0.717) is 0 Å². The van der Waals surface area contributed by atoms with E-state index in [1.54, 1.807) is 0 Å².